The molecule has 1 atom stereocenters. The van der Waals surface area contributed by atoms with Crippen molar-refractivity contribution in [3.63, 3.8) is 0 Å². The zero-order valence-corrected chi connectivity index (χ0v) is 11.2. The molecule has 0 aliphatic carbocycles. The third-order valence-corrected chi connectivity index (χ3v) is 3.35. The lowest BCUT2D eigenvalue weighted by molar-refractivity contribution is -0.893. The summed E-state index contributed by atoms with van der Waals surface area (Å²) in [5.74, 6) is 0. The van der Waals surface area contributed by atoms with E-state index in [0.29, 0.717) is 0 Å². The van der Waals surface area contributed by atoms with Crippen molar-refractivity contribution >= 4 is 0 Å². The van der Waals surface area contributed by atoms with Crippen LogP contribution < -0.4 is 9.88 Å². The van der Waals surface area contributed by atoms with Gasteiger partial charge in [-0.3, -0.25) is 0 Å². The Bertz CT molecular complexity index is 479. The second kappa shape index (κ2) is 6.31. The highest BCUT2D eigenvalue weighted by Crippen LogP contribution is 2.04. The summed E-state index contributed by atoms with van der Waals surface area (Å²) in [4.78, 5) is 4.83. The van der Waals surface area contributed by atoms with Crippen LogP contribution >= 0.6 is 0 Å². The van der Waals surface area contributed by atoms with E-state index < -0.39 is 0 Å². The maximum atomic E-state index is 3.29. The predicted molar refractivity (Wildman–Crippen MR) is 73.3 cm³/mol. The number of H-pyrrole nitrogens is 1. The highest BCUT2D eigenvalue weighted by atomic mass is 15.1. The SMILES string of the molecule is Cc1ccccc1C[NH+](C)CCc1cccc[nH+]1. The number of quaternary nitrogens is 1. The zero-order chi connectivity index (χ0) is 12.8. The first-order valence-electron chi connectivity index (χ1n) is 6.57. The van der Waals surface area contributed by atoms with Gasteiger partial charge in [0.1, 0.15) is 6.54 Å². The summed E-state index contributed by atoms with van der Waals surface area (Å²) in [5, 5.41) is 0. The van der Waals surface area contributed by atoms with Gasteiger partial charge in [0.2, 0.25) is 0 Å². The quantitative estimate of drug-likeness (QED) is 0.808. The van der Waals surface area contributed by atoms with Crippen LogP contribution in [0, 0.1) is 6.92 Å². The molecule has 1 unspecified atom stereocenters. The summed E-state index contributed by atoms with van der Waals surface area (Å²) in [5.41, 5.74) is 4.15. The van der Waals surface area contributed by atoms with Crippen molar-refractivity contribution in [3.05, 3.63) is 65.5 Å². The number of aromatic amines is 1. The van der Waals surface area contributed by atoms with Crippen molar-refractivity contribution in [3.8, 4) is 0 Å². The predicted octanol–water partition coefficient (Wildman–Crippen LogP) is 1.07. The van der Waals surface area contributed by atoms with Gasteiger partial charge in [-0.15, -0.1) is 0 Å². The monoisotopic (exact) mass is 242 g/mol. The molecule has 0 aliphatic heterocycles. The molecule has 1 aromatic heterocycles. The van der Waals surface area contributed by atoms with E-state index in [2.05, 4.69) is 55.4 Å². The van der Waals surface area contributed by atoms with Crippen LogP contribution in [0.3, 0.4) is 0 Å². The van der Waals surface area contributed by atoms with Gasteiger partial charge in [-0.2, -0.15) is 0 Å². The Morgan fingerprint density at radius 2 is 1.83 bits per heavy atom. The van der Waals surface area contributed by atoms with Crippen LogP contribution in [0.4, 0.5) is 0 Å². The molecule has 2 heteroatoms. The molecule has 1 aromatic carbocycles. The van der Waals surface area contributed by atoms with E-state index in [1.165, 1.54) is 16.8 Å². The number of pyridine rings is 1. The maximum absolute atomic E-state index is 3.29. The van der Waals surface area contributed by atoms with E-state index in [4.69, 9.17) is 0 Å². The standard InChI is InChI=1S/C16H20N2/c1-14-7-3-4-8-15(14)13-18(2)12-10-16-9-5-6-11-17-16/h3-9,11H,10,12-13H2,1-2H3/p+2. The maximum Gasteiger partial charge on any atom is 0.185 e. The van der Waals surface area contributed by atoms with Crippen LogP contribution in [-0.4, -0.2) is 13.6 Å². The van der Waals surface area contributed by atoms with Gasteiger partial charge >= 0.3 is 0 Å². The largest absolute Gasteiger partial charge is 0.333 e. The molecular weight excluding hydrogens is 220 g/mol. The third kappa shape index (κ3) is 3.67. The molecule has 0 radical (unpaired) electrons. The number of hydrogen-bond acceptors (Lipinski definition) is 0. The van der Waals surface area contributed by atoms with Crippen LogP contribution in [0.5, 0.6) is 0 Å². The average Bonchev–Trinajstić information content (AvgIpc) is 2.40. The number of aryl methyl sites for hydroxylation is 1. The number of nitrogens with one attached hydrogen (secondary N) is 2. The Kier molecular flexibility index (Phi) is 4.48. The van der Waals surface area contributed by atoms with E-state index in [-0.39, 0.29) is 0 Å². The van der Waals surface area contributed by atoms with Gasteiger partial charge in [0.15, 0.2) is 11.9 Å². The van der Waals surface area contributed by atoms with Crippen molar-refractivity contribution in [1.82, 2.24) is 0 Å². The number of hydrogen-bond donors (Lipinski definition) is 1. The highest BCUT2D eigenvalue weighted by molar-refractivity contribution is 5.24. The van der Waals surface area contributed by atoms with Gasteiger partial charge in [-0.05, 0) is 12.5 Å². The highest BCUT2D eigenvalue weighted by Gasteiger charge is 2.08. The van der Waals surface area contributed by atoms with Gasteiger partial charge in [0.25, 0.3) is 0 Å². The normalized spacial score (nSPS) is 12.3. The van der Waals surface area contributed by atoms with Gasteiger partial charge in [-0.1, -0.05) is 30.3 Å². The molecule has 0 amide bonds. The molecule has 0 aliphatic rings. The molecular formula is C16H22N2+2. The molecule has 1 heterocycles. The lowest BCUT2D eigenvalue weighted by Gasteiger charge is -2.14. The van der Waals surface area contributed by atoms with Gasteiger partial charge in [0.05, 0.1) is 20.0 Å². The molecule has 2 N–H and O–H groups in total. The Morgan fingerprint density at radius 3 is 2.56 bits per heavy atom. The lowest BCUT2D eigenvalue weighted by Crippen LogP contribution is -3.07. The Hall–Kier alpha value is -1.67. The first kappa shape index (κ1) is 12.8. The molecule has 0 fully saturated rings. The van der Waals surface area contributed by atoms with Gasteiger partial charge < -0.3 is 4.90 Å². The van der Waals surface area contributed by atoms with Gasteiger partial charge in [0, 0.05) is 17.7 Å². The fourth-order valence-corrected chi connectivity index (χ4v) is 2.16. The summed E-state index contributed by atoms with van der Waals surface area (Å²) in [6.07, 6.45) is 3.09. The van der Waals surface area contributed by atoms with Crippen molar-refractivity contribution in [2.24, 2.45) is 0 Å². The van der Waals surface area contributed by atoms with E-state index in [1.807, 2.05) is 12.3 Å². The van der Waals surface area contributed by atoms with Crippen LogP contribution in [-0.2, 0) is 13.0 Å². The van der Waals surface area contributed by atoms with E-state index in [1.54, 1.807) is 4.90 Å². The molecule has 2 aromatic rings. The minimum atomic E-state index is 1.10. The van der Waals surface area contributed by atoms with Crippen LogP contribution in [0.15, 0.2) is 48.7 Å². The third-order valence-electron chi connectivity index (χ3n) is 3.35. The molecule has 18 heavy (non-hydrogen) atoms. The smallest absolute Gasteiger partial charge is 0.185 e. The molecule has 94 valence electrons. The molecule has 0 bridgehead atoms. The van der Waals surface area contributed by atoms with Crippen molar-refractivity contribution in [2.45, 2.75) is 19.9 Å². The lowest BCUT2D eigenvalue weighted by atomic mass is 10.1. The molecule has 0 saturated carbocycles. The molecule has 0 saturated heterocycles. The summed E-state index contributed by atoms with van der Waals surface area (Å²) < 4.78 is 0. The number of benzene rings is 1. The van der Waals surface area contributed by atoms with E-state index in [9.17, 15) is 0 Å². The first-order valence-corrected chi connectivity index (χ1v) is 6.57. The molecule has 0 spiro atoms. The average molecular weight is 242 g/mol. The fourth-order valence-electron chi connectivity index (χ4n) is 2.16. The summed E-state index contributed by atoms with van der Waals surface area (Å²) in [7, 11) is 2.26. The number of aromatic nitrogens is 1. The van der Waals surface area contributed by atoms with Crippen LogP contribution in [0.2, 0.25) is 0 Å². The molecule has 2 nitrogen and oxygen atoms in total. The number of likely N-dealkylation sites (N-methyl/N-ethyl adjacent to an activating group) is 1. The zero-order valence-electron chi connectivity index (χ0n) is 11.2. The minimum absolute atomic E-state index is 1.10. The summed E-state index contributed by atoms with van der Waals surface area (Å²) >= 11 is 0. The van der Waals surface area contributed by atoms with Crippen molar-refractivity contribution < 1.29 is 9.88 Å². The van der Waals surface area contributed by atoms with Crippen molar-refractivity contribution in [2.75, 3.05) is 13.6 Å². The second-order valence-corrected chi connectivity index (χ2v) is 4.95. The Labute approximate surface area is 109 Å². The Balaban J connectivity index is 1.86. The number of rotatable bonds is 5. The summed E-state index contributed by atoms with van der Waals surface area (Å²) in [6, 6.07) is 14.9. The first-order chi connectivity index (χ1) is 8.75. The second-order valence-electron chi connectivity index (χ2n) is 4.95. The topological polar surface area (TPSA) is 18.6 Å². The minimum Gasteiger partial charge on any atom is -0.333 e. The van der Waals surface area contributed by atoms with Crippen LogP contribution in [0.1, 0.15) is 16.8 Å². The van der Waals surface area contributed by atoms with E-state index >= 15 is 0 Å². The van der Waals surface area contributed by atoms with E-state index in [0.717, 1.165) is 19.5 Å². The van der Waals surface area contributed by atoms with Gasteiger partial charge in [-0.25, -0.2) is 4.98 Å². The molecule has 2 rings (SSSR count). The van der Waals surface area contributed by atoms with Crippen molar-refractivity contribution in [1.29, 1.82) is 0 Å². The van der Waals surface area contributed by atoms with Crippen LogP contribution in [0.25, 0.3) is 0 Å². The summed E-state index contributed by atoms with van der Waals surface area (Å²) in [6.45, 7) is 4.43. The Morgan fingerprint density at radius 1 is 1.06 bits per heavy atom. The fraction of sp³-hybridized carbons (Fsp3) is 0.312.